The molecular formula is C30H33FN2O2. The highest BCUT2D eigenvalue weighted by Crippen LogP contribution is 2.49. The third-order valence-electron chi connectivity index (χ3n) is 7.16. The van der Waals surface area contributed by atoms with Crippen molar-refractivity contribution >= 4 is 6.09 Å². The van der Waals surface area contributed by atoms with E-state index in [-0.39, 0.29) is 12.6 Å². The smallest absolute Gasteiger partial charge is 0.413 e. The van der Waals surface area contributed by atoms with Crippen LogP contribution in [0.2, 0.25) is 0 Å². The molecule has 3 aromatic carbocycles. The van der Waals surface area contributed by atoms with Gasteiger partial charge in [-0.05, 0) is 43.9 Å². The first kappa shape index (κ1) is 23.6. The molecule has 2 atom stereocenters. The largest absolute Gasteiger partial charge is 0.444 e. The molecule has 5 rings (SSSR count). The van der Waals surface area contributed by atoms with Crippen LogP contribution < -0.4 is 0 Å². The Hall–Kier alpha value is -3.18. The van der Waals surface area contributed by atoms with Crippen molar-refractivity contribution in [3.63, 3.8) is 0 Å². The Bertz CT molecular complexity index is 1070. The fourth-order valence-corrected chi connectivity index (χ4v) is 5.87. The highest BCUT2D eigenvalue weighted by Gasteiger charge is 2.59. The number of hydrogen-bond acceptors (Lipinski definition) is 3. The molecule has 2 unspecified atom stereocenters. The van der Waals surface area contributed by atoms with Crippen molar-refractivity contribution in [2.24, 2.45) is 0 Å². The Morgan fingerprint density at radius 2 is 1.31 bits per heavy atom. The van der Waals surface area contributed by atoms with Crippen LogP contribution in [0.4, 0.5) is 9.18 Å². The third-order valence-corrected chi connectivity index (χ3v) is 7.16. The van der Waals surface area contributed by atoms with Gasteiger partial charge in [-0.1, -0.05) is 91.0 Å². The summed E-state index contributed by atoms with van der Waals surface area (Å²) in [6.07, 6.45) is 0.356. The zero-order valence-corrected chi connectivity index (χ0v) is 20.7. The number of nitrogens with zero attached hydrogens (tertiary/aromatic N) is 2. The number of piperazine rings is 1. The minimum Gasteiger partial charge on any atom is -0.444 e. The zero-order chi connectivity index (χ0) is 24.7. The maximum atomic E-state index is 16.7. The molecule has 2 aliphatic heterocycles. The first-order chi connectivity index (χ1) is 16.7. The van der Waals surface area contributed by atoms with E-state index in [1.807, 2.05) is 75.4 Å². The fraction of sp³-hybridized carbons (Fsp3) is 0.367. The molecule has 0 aromatic heterocycles. The maximum Gasteiger partial charge on any atom is 0.413 e. The number of carbonyl (C=O) groups excluding carboxylic acids is 1. The topological polar surface area (TPSA) is 32.8 Å². The van der Waals surface area contributed by atoms with Crippen molar-refractivity contribution in [1.29, 1.82) is 0 Å². The average molecular weight is 473 g/mol. The molecule has 4 nitrogen and oxygen atoms in total. The minimum atomic E-state index is -1.80. The van der Waals surface area contributed by atoms with Gasteiger partial charge in [-0.25, -0.2) is 9.18 Å². The van der Waals surface area contributed by atoms with E-state index >= 15 is 4.39 Å². The molecule has 1 amide bonds. The average Bonchev–Trinajstić information content (AvgIpc) is 3.06. The van der Waals surface area contributed by atoms with Crippen molar-refractivity contribution in [3.8, 4) is 0 Å². The van der Waals surface area contributed by atoms with Crippen LogP contribution in [-0.4, -0.2) is 46.4 Å². The number of benzene rings is 3. The predicted octanol–water partition coefficient (Wildman–Crippen LogP) is 6.36. The van der Waals surface area contributed by atoms with Gasteiger partial charge in [-0.3, -0.25) is 9.80 Å². The van der Waals surface area contributed by atoms with Crippen LogP contribution in [0.3, 0.4) is 0 Å². The van der Waals surface area contributed by atoms with Gasteiger partial charge in [-0.15, -0.1) is 0 Å². The summed E-state index contributed by atoms with van der Waals surface area (Å²) in [7, 11) is 0. The van der Waals surface area contributed by atoms with Crippen LogP contribution in [-0.2, 0) is 10.3 Å². The van der Waals surface area contributed by atoms with Gasteiger partial charge in [0.1, 0.15) is 5.60 Å². The fourth-order valence-electron chi connectivity index (χ4n) is 5.87. The molecule has 0 aliphatic carbocycles. The summed E-state index contributed by atoms with van der Waals surface area (Å²) in [6.45, 7) is 6.10. The molecule has 2 fully saturated rings. The summed E-state index contributed by atoms with van der Waals surface area (Å²) in [5.74, 6) is -1.80. The summed E-state index contributed by atoms with van der Waals surface area (Å²) >= 11 is 0. The summed E-state index contributed by atoms with van der Waals surface area (Å²) in [5, 5.41) is 0. The Balaban J connectivity index is 1.65. The Kier molecular flexibility index (Phi) is 5.92. The molecule has 0 N–H and O–H groups in total. The van der Waals surface area contributed by atoms with Gasteiger partial charge < -0.3 is 4.74 Å². The Morgan fingerprint density at radius 1 is 0.857 bits per heavy atom. The summed E-state index contributed by atoms with van der Waals surface area (Å²) in [5.41, 5.74) is 1.85. The number of amides is 1. The van der Waals surface area contributed by atoms with Crippen LogP contribution in [0.1, 0.15) is 50.3 Å². The lowest BCUT2D eigenvalue weighted by molar-refractivity contribution is -0.101. The first-order valence-corrected chi connectivity index (χ1v) is 12.4. The van der Waals surface area contributed by atoms with Crippen LogP contribution in [0.5, 0.6) is 0 Å². The number of ether oxygens (including phenoxy) is 1. The maximum absolute atomic E-state index is 16.7. The molecule has 0 spiro atoms. The van der Waals surface area contributed by atoms with E-state index in [9.17, 15) is 4.79 Å². The van der Waals surface area contributed by atoms with Crippen LogP contribution in [0.25, 0.3) is 0 Å². The number of halogens is 1. The van der Waals surface area contributed by atoms with E-state index in [2.05, 4.69) is 41.3 Å². The Labute approximate surface area is 207 Å². The van der Waals surface area contributed by atoms with Gasteiger partial charge in [0.15, 0.2) is 0 Å². The highest BCUT2D eigenvalue weighted by atomic mass is 19.1. The molecule has 2 heterocycles. The number of carbonyl (C=O) groups is 1. The molecule has 0 saturated carbocycles. The number of hydrogen-bond donors (Lipinski definition) is 0. The van der Waals surface area contributed by atoms with E-state index in [1.165, 1.54) is 4.90 Å². The van der Waals surface area contributed by atoms with Gasteiger partial charge in [0.2, 0.25) is 5.79 Å². The molecule has 3 aromatic rings. The lowest BCUT2D eigenvalue weighted by Crippen LogP contribution is -2.66. The highest BCUT2D eigenvalue weighted by molar-refractivity contribution is 5.70. The van der Waals surface area contributed by atoms with Gasteiger partial charge in [-0.2, -0.15) is 0 Å². The second kappa shape index (κ2) is 8.80. The van der Waals surface area contributed by atoms with Gasteiger partial charge in [0.05, 0.1) is 18.1 Å². The van der Waals surface area contributed by atoms with E-state index < -0.39 is 23.0 Å². The van der Waals surface area contributed by atoms with Crippen molar-refractivity contribution in [1.82, 2.24) is 9.80 Å². The van der Waals surface area contributed by atoms with E-state index in [1.54, 1.807) is 0 Å². The third kappa shape index (κ3) is 4.12. The van der Waals surface area contributed by atoms with E-state index in [4.69, 9.17) is 4.74 Å². The quantitative estimate of drug-likeness (QED) is 0.327. The van der Waals surface area contributed by atoms with Crippen molar-refractivity contribution in [2.45, 2.75) is 56.6 Å². The van der Waals surface area contributed by atoms with Gasteiger partial charge >= 0.3 is 6.09 Å². The minimum absolute atomic E-state index is 0.0986. The molecule has 2 saturated heterocycles. The molecule has 0 radical (unpaired) electrons. The normalized spacial score (nSPS) is 22.7. The standard InChI is InChI=1S/C30H33FN2O2/c1-28(2,3)35-27(34)33-26-19-20-29(33,31)22-32(21-26)30(23-13-7-4-8-14-23,24-15-9-5-10-16-24)25-17-11-6-12-18-25/h4-18,26H,19-22H2,1-3H3. The molecule has 35 heavy (non-hydrogen) atoms. The second-order valence-corrected chi connectivity index (χ2v) is 10.6. The van der Waals surface area contributed by atoms with E-state index in [0.717, 1.165) is 16.7 Å². The van der Waals surface area contributed by atoms with E-state index in [0.29, 0.717) is 19.4 Å². The number of fused-ring (bicyclic) bond motifs is 2. The monoisotopic (exact) mass is 472 g/mol. The van der Waals surface area contributed by atoms with Gasteiger partial charge in [0, 0.05) is 13.0 Å². The molecule has 182 valence electrons. The predicted molar refractivity (Wildman–Crippen MR) is 136 cm³/mol. The number of likely N-dealkylation sites (tertiary alicyclic amines) is 1. The van der Waals surface area contributed by atoms with Crippen molar-refractivity contribution in [2.75, 3.05) is 13.1 Å². The molecule has 2 aliphatic rings. The van der Waals surface area contributed by atoms with Crippen LogP contribution in [0.15, 0.2) is 91.0 Å². The summed E-state index contributed by atoms with van der Waals surface area (Å²) in [4.78, 5) is 16.7. The number of alkyl halides is 1. The zero-order valence-electron chi connectivity index (χ0n) is 20.7. The lowest BCUT2D eigenvalue weighted by atomic mass is 9.75. The lowest BCUT2D eigenvalue weighted by Gasteiger charge is -2.53. The van der Waals surface area contributed by atoms with Crippen molar-refractivity contribution in [3.05, 3.63) is 108 Å². The summed E-state index contributed by atoms with van der Waals surface area (Å²) < 4.78 is 22.4. The van der Waals surface area contributed by atoms with Crippen molar-refractivity contribution < 1.29 is 13.9 Å². The molecular weight excluding hydrogens is 439 g/mol. The van der Waals surface area contributed by atoms with Crippen LogP contribution >= 0.6 is 0 Å². The Morgan fingerprint density at radius 3 is 1.71 bits per heavy atom. The molecule has 5 heteroatoms. The second-order valence-electron chi connectivity index (χ2n) is 10.6. The summed E-state index contributed by atoms with van der Waals surface area (Å²) in [6, 6.07) is 30.7. The number of rotatable bonds is 4. The van der Waals surface area contributed by atoms with Crippen LogP contribution in [0, 0.1) is 0 Å². The first-order valence-electron chi connectivity index (χ1n) is 12.4. The SMILES string of the molecule is CC(C)(C)OC(=O)N1C2CCC1(F)CN(C(c1ccccc1)(c1ccccc1)c1ccccc1)C2. The van der Waals surface area contributed by atoms with Gasteiger partial charge in [0.25, 0.3) is 0 Å². The molecule has 2 bridgehead atoms.